The second kappa shape index (κ2) is 5.27. The van der Waals surface area contributed by atoms with Crippen molar-refractivity contribution in [2.75, 3.05) is 11.9 Å². The number of nitrogens with one attached hydrogen (secondary N) is 1. The largest absolute Gasteiger partial charge is 0.481 e. The fourth-order valence-electron chi connectivity index (χ4n) is 1.13. The van der Waals surface area contributed by atoms with Crippen molar-refractivity contribution in [3.05, 3.63) is 29.3 Å². The molecule has 0 aromatic heterocycles. The molecule has 17 heavy (non-hydrogen) atoms. The molecule has 0 saturated carbocycles. The van der Waals surface area contributed by atoms with Gasteiger partial charge in [-0.2, -0.15) is 13.2 Å². The van der Waals surface area contributed by atoms with Crippen molar-refractivity contribution in [1.29, 1.82) is 0 Å². The maximum atomic E-state index is 12.3. The molecule has 0 spiro atoms. The summed E-state index contributed by atoms with van der Waals surface area (Å²) >= 11 is 5.60. The molecule has 0 aliphatic rings. The van der Waals surface area contributed by atoms with E-state index >= 15 is 0 Å². The van der Waals surface area contributed by atoms with E-state index in [1.807, 2.05) is 0 Å². The van der Waals surface area contributed by atoms with Crippen molar-refractivity contribution in [3.63, 3.8) is 0 Å². The zero-order valence-corrected chi connectivity index (χ0v) is 9.22. The van der Waals surface area contributed by atoms with Crippen molar-refractivity contribution in [1.82, 2.24) is 0 Å². The van der Waals surface area contributed by atoms with Crippen LogP contribution in [0.1, 0.15) is 0 Å². The van der Waals surface area contributed by atoms with Gasteiger partial charge in [-0.25, -0.2) is 0 Å². The van der Waals surface area contributed by atoms with Crippen LogP contribution in [0.15, 0.2) is 24.3 Å². The van der Waals surface area contributed by atoms with Crippen LogP contribution in [0.3, 0.4) is 0 Å². The normalized spacial score (nSPS) is 13.2. The maximum Gasteiger partial charge on any atom is 0.403 e. The first kappa shape index (κ1) is 13.6. The van der Waals surface area contributed by atoms with Gasteiger partial charge in [-0.1, -0.05) is 11.6 Å². The zero-order chi connectivity index (χ0) is 13.1. The van der Waals surface area contributed by atoms with Gasteiger partial charge in [0.05, 0.1) is 0 Å². The van der Waals surface area contributed by atoms with Gasteiger partial charge in [0, 0.05) is 17.3 Å². The van der Waals surface area contributed by atoms with Gasteiger partial charge < -0.3 is 10.4 Å². The van der Waals surface area contributed by atoms with Gasteiger partial charge in [0.25, 0.3) is 0 Å². The Hall–Kier alpha value is -1.43. The fourth-order valence-corrected chi connectivity index (χ4v) is 1.26. The lowest BCUT2D eigenvalue weighted by molar-refractivity contribution is -0.190. The number of halogens is 4. The van der Waals surface area contributed by atoms with Gasteiger partial charge in [-0.3, -0.25) is 4.79 Å². The third-order valence-electron chi connectivity index (χ3n) is 2.05. The first-order valence-electron chi connectivity index (χ1n) is 4.59. The van der Waals surface area contributed by atoms with E-state index in [4.69, 9.17) is 16.7 Å². The zero-order valence-electron chi connectivity index (χ0n) is 8.46. The van der Waals surface area contributed by atoms with E-state index in [0.717, 1.165) is 0 Å². The highest BCUT2D eigenvalue weighted by molar-refractivity contribution is 6.30. The van der Waals surface area contributed by atoms with E-state index in [9.17, 15) is 18.0 Å². The Labute approximate surface area is 100 Å². The van der Waals surface area contributed by atoms with Crippen LogP contribution in [0.25, 0.3) is 0 Å². The second-order valence-electron chi connectivity index (χ2n) is 3.32. The molecule has 94 valence electrons. The molecule has 1 aromatic rings. The molecule has 0 bridgehead atoms. The molecule has 7 heteroatoms. The third kappa shape index (κ3) is 4.14. The number of benzene rings is 1. The minimum absolute atomic E-state index is 0.380. The molecule has 0 radical (unpaired) electrons. The number of hydrogen-bond donors (Lipinski definition) is 2. The molecule has 0 fully saturated rings. The van der Waals surface area contributed by atoms with Crippen molar-refractivity contribution < 1.29 is 23.1 Å². The summed E-state index contributed by atoms with van der Waals surface area (Å²) in [5.41, 5.74) is 0.380. The maximum absolute atomic E-state index is 12.3. The summed E-state index contributed by atoms with van der Waals surface area (Å²) in [5.74, 6) is -4.34. The van der Waals surface area contributed by atoms with E-state index < -0.39 is 24.6 Å². The van der Waals surface area contributed by atoms with Crippen LogP contribution >= 0.6 is 11.6 Å². The predicted molar refractivity (Wildman–Crippen MR) is 57.1 cm³/mol. The van der Waals surface area contributed by atoms with E-state index in [0.29, 0.717) is 10.7 Å². The first-order chi connectivity index (χ1) is 7.80. The molecular weight excluding hydrogens is 259 g/mol. The summed E-state index contributed by atoms with van der Waals surface area (Å²) in [5, 5.41) is 11.3. The molecule has 0 aliphatic carbocycles. The molecule has 3 nitrogen and oxygen atoms in total. The molecule has 0 saturated heterocycles. The number of carboxylic acid groups (broad SMARTS) is 1. The summed E-state index contributed by atoms with van der Waals surface area (Å²) in [6.07, 6.45) is -4.77. The van der Waals surface area contributed by atoms with Gasteiger partial charge in [0.15, 0.2) is 5.92 Å². The van der Waals surface area contributed by atoms with Crippen LogP contribution in [0, 0.1) is 5.92 Å². The van der Waals surface area contributed by atoms with Gasteiger partial charge in [0.1, 0.15) is 0 Å². The van der Waals surface area contributed by atoms with Crippen LogP contribution in [-0.4, -0.2) is 23.8 Å². The molecule has 2 N–H and O–H groups in total. The summed E-state index contributed by atoms with van der Waals surface area (Å²) in [4.78, 5) is 10.4. The summed E-state index contributed by atoms with van der Waals surface area (Å²) in [6, 6.07) is 5.93. The number of carboxylic acids is 1. The SMILES string of the molecule is O=C(O)C(CNc1ccc(Cl)cc1)C(F)(F)F. The smallest absolute Gasteiger partial charge is 0.403 e. The fraction of sp³-hybridized carbons (Fsp3) is 0.300. The topological polar surface area (TPSA) is 49.3 Å². The van der Waals surface area contributed by atoms with E-state index in [2.05, 4.69) is 5.32 Å². The number of alkyl halides is 3. The van der Waals surface area contributed by atoms with Crippen molar-refractivity contribution >= 4 is 23.3 Å². The molecule has 1 unspecified atom stereocenters. The lowest BCUT2D eigenvalue weighted by Crippen LogP contribution is -2.36. The third-order valence-corrected chi connectivity index (χ3v) is 2.30. The number of hydrogen-bond acceptors (Lipinski definition) is 2. The Morgan fingerprint density at radius 3 is 2.29 bits per heavy atom. The summed E-state index contributed by atoms with van der Waals surface area (Å²) in [7, 11) is 0. The Kier molecular flexibility index (Phi) is 4.22. The minimum Gasteiger partial charge on any atom is -0.481 e. The predicted octanol–water partition coefficient (Wildman–Crippen LogP) is 3.02. The number of rotatable bonds is 4. The van der Waals surface area contributed by atoms with Gasteiger partial charge in [-0.05, 0) is 24.3 Å². The van der Waals surface area contributed by atoms with Gasteiger partial charge >= 0.3 is 12.1 Å². The molecule has 1 rings (SSSR count). The van der Waals surface area contributed by atoms with Gasteiger partial charge in [-0.15, -0.1) is 0 Å². The second-order valence-corrected chi connectivity index (χ2v) is 3.76. The first-order valence-corrected chi connectivity index (χ1v) is 4.97. The lowest BCUT2D eigenvalue weighted by Gasteiger charge is -2.17. The highest BCUT2D eigenvalue weighted by atomic mass is 35.5. The van der Waals surface area contributed by atoms with Crippen LogP contribution in [0.2, 0.25) is 5.02 Å². The molecule has 0 amide bonds. The Balaban J connectivity index is 2.65. The number of aliphatic carboxylic acids is 1. The molecule has 0 aliphatic heterocycles. The van der Waals surface area contributed by atoms with E-state index in [-0.39, 0.29) is 0 Å². The number of carbonyl (C=O) groups is 1. The average molecular weight is 268 g/mol. The van der Waals surface area contributed by atoms with Crippen LogP contribution in [-0.2, 0) is 4.79 Å². The highest BCUT2D eigenvalue weighted by Crippen LogP contribution is 2.27. The Morgan fingerprint density at radius 1 is 1.35 bits per heavy atom. The Bertz CT molecular complexity index is 392. The number of anilines is 1. The van der Waals surface area contributed by atoms with Crippen molar-refractivity contribution in [2.45, 2.75) is 6.18 Å². The van der Waals surface area contributed by atoms with Crippen LogP contribution < -0.4 is 5.32 Å². The molecule has 0 heterocycles. The monoisotopic (exact) mass is 267 g/mol. The molecular formula is C10H9ClF3NO2. The summed E-state index contributed by atoms with van der Waals surface area (Å²) in [6.45, 7) is -0.722. The van der Waals surface area contributed by atoms with Crippen molar-refractivity contribution in [3.8, 4) is 0 Å². The van der Waals surface area contributed by atoms with Crippen molar-refractivity contribution in [2.24, 2.45) is 5.92 Å². The lowest BCUT2D eigenvalue weighted by atomic mass is 10.1. The van der Waals surface area contributed by atoms with Crippen LogP contribution in [0.4, 0.5) is 18.9 Å². The van der Waals surface area contributed by atoms with E-state index in [1.54, 1.807) is 0 Å². The Morgan fingerprint density at radius 2 is 1.88 bits per heavy atom. The minimum atomic E-state index is -4.77. The van der Waals surface area contributed by atoms with Crippen LogP contribution in [0.5, 0.6) is 0 Å². The molecule has 1 atom stereocenters. The van der Waals surface area contributed by atoms with Gasteiger partial charge in [0.2, 0.25) is 0 Å². The average Bonchev–Trinajstić information content (AvgIpc) is 2.18. The standard InChI is InChI=1S/C10H9ClF3NO2/c11-6-1-3-7(4-2-6)15-5-8(9(16)17)10(12,13)14/h1-4,8,15H,5H2,(H,16,17). The highest BCUT2D eigenvalue weighted by Gasteiger charge is 2.44. The van der Waals surface area contributed by atoms with E-state index in [1.165, 1.54) is 24.3 Å². The molecule has 1 aromatic carbocycles. The summed E-state index contributed by atoms with van der Waals surface area (Å²) < 4.78 is 36.9. The quantitative estimate of drug-likeness (QED) is 0.882.